The van der Waals surface area contributed by atoms with Crippen molar-refractivity contribution in [2.75, 3.05) is 5.73 Å². The molecule has 4 nitrogen and oxygen atoms in total. The minimum atomic E-state index is 0.313. The van der Waals surface area contributed by atoms with Gasteiger partial charge in [-0.25, -0.2) is 0 Å². The van der Waals surface area contributed by atoms with E-state index in [1.165, 1.54) is 0 Å². The van der Waals surface area contributed by atoms with E-state index >= 15 is 0 Å². The van der Waals surface area contributed by atoms with E-state index in [9.17, 15) is 0 Å². The van der Waals surface area contributed by atoms with Crippen LogP contribution < -0.4 is 5.73 Å². The Bertz CT molecular complexity index is 545. The smallest absolute Gasteiger partial charge is 0.165 e. The van der Waals surface area contributed by atoms with Gasteiger partial charge in [0.2, 0.25) is 0 Å². The first-order chi connectivity index (χ1) is 8.00. The summed E-state index contributed by atoms with van der Waals surface area (Å²) in [6, 6.07) is 6.01. The summed E-state index contributed by atoms with van der Waals surface area (Å²) < 4.78 is 3.07. The highest BCUT2D eigenvalue weighted by Crippen LogP contribution is 2.30. The Labute approximate surface area is 109 Å². The van der Waals surface area contributed by atoms with E-state index in [1.807, 2.05) is 25.1 Å². The summed E-state index contributed by atoms with van der Waals surface area (Å²) in [6.45, 7) is 6.18. The average Bonchev–Trinajstić information content (AvgIpc) is 2.64. The van der Waals surface area contributed by atoms with Crippen molar-refractivity contribution in [3.8, 4) is 11.4 Å². The maximum absolute atomic E-state index is 5.82. The standard InChI is InChI=1S/C12H15BrN4/c1-7(2)17-8(3)15-16-12(17)10-6-9(14)4-5-11(10)13/h4-7H,14H2,1-3H3. The maximum Gasteiger partial charge on any atom is 0.165 e. The molecule has 0 bridgehead atoms. The Balaban J connectivity index is 2.64. The summed E-state index contributed by atoms with van der Waals surface area (Å²) in [4.78, 5) is 0. The van der Waals surface area contributed by atoms with Crippen LogP contribution in [0.25, 0.3) is 11.4 Å². The van der Waals surface area contributed by atoms with Gasteiger partial charge < -0.3 is 10.3 Å². The molecule has 0 unspecified atom stereocenters. The molecule has 2 rings (SSSR count). The van der Waals surface area contributed by atoms with Gasteiger partial charge in [-0.05, 0) is 39.0 Å². The Morgan fingerprint density at radius 2 is 2.00 bits per heavy atom. The monoisotopic (exact) mass is 294 g/mol. The van der Waals surface area contributed by atoms with Gasteiger partial charge in [-0.2, -0.15) is 0 Å². The molecule has 1 aromatic carbocycles. The van der Waals surface area contributed by atoms with Crippen molar-refractivity contribution in [1.29, 1.82) is 0 Å². The van der Waals surface area contributed by atoms with Crippen molar-refractivity contribution in [3.05, 3.63) is 28.5 Å². The van der Waals surface area contributed by atoms with Crippen LogP contribution in [0.1, 0.15) is 25.7 Å². The minimum absolute atomic E-state index is 0.313. The van der Waals surface area contributed by atoms with E-state index in [0.717, 1.165) is 27.4 Å². The fourth-order valence-corrected chi connectivity index (χ4v) is 2.31. The second-order valence-electron chi connectivity index (χ2n) is 4.27. The molecule has 2 aromatic rings. The number of anilines is 1. The van der Waals surface area contributed by atoms with Crippen LogP contribution in [0.15, 0.2) is 22.7 Å². The molecule has 17 heavy (non-hydrogen) atoms. The molecule has 1 heterocycles. The Morgan fingerprint density at radius 1 is 1.29 bits per heavy atom. The highest BCUT2D eigenvalue weighted by Gasteiger charge is 2.15. The molecule has 0 atom stereocenters. The zero-order chi connectivity index (χ0) is 12.6. The number of benzene rings is 1. The van der Waals surface area contributed by atoms with Gasteiger partial charge in [-0.3, -0.25) is 0 Å². The lowest BCUT2D eigenvalue weighted by Crippen LogP contribution is -2.05. The number of nitrogens with two attached hydrogens (primary N) is 1. The van der Waals surface area contributed by atoms with Gasteiger partial charge >= 0.3 is 0 Å². The molecular formula is C12H15BrN4. The summed E-state index contributed by atoms with van der Waals surface area (Å²) in [7, 11) is 0. The van der Waals surface area contributed by atoms with Crippen LogP contribution in [0.5, 0.6) is 0 Å². The number of halogens is 1. The van der Waals surface area contributed by atoms with Crippen LogP contribution in [0, 0.1) is 6.92 Å². The van der Waals surface area contributed by atoms with Gasteiger partial charge in [0.1, 0.15) is 5.82 Å². The topological polar surface area (TPSA) is 56.7 Å². The lowest BCUT2D eigenvalue weighted by atomic mass is 10.2. The fraction of sp³-hybridized carbons (Fsp3) is 0.333. The molecular weight excluding hydrogens is 280 g/mol. The summed E-state index contributed by atoms with van der Waals surface area (Å²) >= 11 is 3.52. The average molecular weight is 295 g/mol. The van der Waals surface area contributed by atoms with Gasteiger partial charge in [0, 0.05) is 21.8 Å². The Hall–Kier alpha value is -1.36. The molecule has 0 saturated carbocycles. The number of nitrogen functional groups attached to an aromatic ring is 1. The third kappa shape index (κ3) is 2.20. The third-order valence-electron chi connectivity index (χ3n) is 2.61. The molecule has 0 aliphatic carbocycles. The van der Waals surface area contributed by atoms with E-state index < -0.39 is 0 Å². The molecule has 0 aliphatic heterocycles. The van der Waals surface area contributed by atoms with Gasteiger partial charge in [-0.15, -0.1) is 10.2 Å². The first kappa shape index (κ1) is 12.1. The molecule has 0 fully saturated rings. The SMILES string of the molecule is Cc1nnc(-c2cc(N)ccc2Br)n1C(C)C. The number of aryl methyl sites for hydroxylation is 1. The van der Waals surface area contributed by atoms with E-state index in [0.29, 0.717) is 6.04 Å². The zero-order valence-corrected chi connectivity index (χ0v) is 11.7. The molecule has 0 spiro atoms. The van der Waals surface area contributed by atoms with Crippen molar-refractivity contribution in [2.45, 2.75) is 26.8 Å². The second-order valence-corrected chi connectivity index (χ2v) is 5.13. The highest BCUT2D eigenvalue weighted by atomic mass is 79.9. The molecule has 1 aromatic heterocycles. The van der Waals surface area contributed by atoms with Crippen molar-refractivity contribution in [2.24, 2.45) is 0 Å². The fourth-order valence-electron chi connectivity index (χ4n) is 1.89. The summed E-state index contributed by atoms with van der Waals surface area (Å²) in [5.74, 6) is 1.75. The largest absolute Gasteiger partial charge is 0.399 e. The first-order valence-electron chi connectivity index (χ1n) is 5.47. The predicted molar refractivity (Wildman–Crippen MR) is 72.7 cm³/mol. The van der Waals surface area contributed by atoms with Crippen LogP contribution in [-0.4, -0.2) is 14.8 Å². The number of hydrogen-bond donors (Lipinski definition) is 1. The maximum atomic E-state index is 5.82. The summed E-state index contributed by atoms with van der Waals surface area (Å²) in [5.41, 5.74) is 7.51. The van der Waals surface area contributed by atoms with E-state index in [2.05, 4.69) is 44.5 Å². The van der Waals surface area contributed by atoms with Crippen molar-refractivity contribution >= 4 is 21.6 Å². The van der Waals surface area contributed by atoms with Gasteiger partial charge in [0.15, 0.2) is 5.82 Å². The number of nitrogens with zero attached hydrogens (tertiary/aromatic N) is 3. The lowest BCUT2D eigenvalue weighted by Gasteiger charge is -2.13. The second kappa shape index (κ2) is 4.49. The molecule has 0 saturated heterocycles. The van der Waals surface area contributed by atoms with Crippen molar-refractivity contribution in [3.63, 3.8) is 0 Å². The quantitative estimate of drug-likeness (QED) is 0.866. The number of hydrogen-bond acceptors (Lipinski definition) is 3. The number of aromatic nitrogens is 3. The first-order valence-corrected chi connectivity index (χ1v) is 6.27. The number of rotatable bonds is 2. The third-order valence-corrected chi connectivity index (χ3v) is 3.31. The van der Waals surface area contributed by atoms with E-state index in [1.54, 1.807) is 0 Å². The van der Waals surface area contributed by atoms with Crippen LogP contribution in [0.3, 0.4) is 0 Å². The van der Waals surface area contributed by atoms with Crippen molar-refractivity contribution < 1.29 is 0 Å². The van der Waals surface area contributed by atoms with E-state index in [4.69, 9.17) is 5.73 Å². The summed E-state index contributed by atoms with van der Waals surface area (Å²) in [6.07, 6.45) is 0. The van der Waals surface area contributed by atoms with Crippen LogP contribution in [-0.2, 0) is 0 Å². The molecule has 5 heteroatoms. The molecule has 2 N–H and O–H groups in total. The molecule has 0 radical (unpaired) electrons. The van der Waals surface area contributed by atoms with Crippen LogP contribution in [0.4, 0.5) is 5.69 Å². The van der Waals surface area contributed by atoms with Crippen molar-refractivity contribution in [1.82, 2.24) is 14.8 Å². The van der Waals surface area contributed by atoms with Gasteiger partial charge in [0.25, 0.3) is 0 Å². The minimum Gasteiger partial charge on any atom is -0.399 e. The summed E-state index contributed by atoms with van der Waals surface area (Å²) in [5, 5.41) is 8.37. The van der Waals surface area contributed by atoms with Crippen LogP contribution >= 0.6 is 15.9 Å². The predicted octanol–water partition coefficient (Wildman–Crippen LogP) is 3.18. The Morgan fingerprint density at radius 3 is 2.65 bits per heavy atom. The van der Waals surface area contributed by atoms with Gasteiger partial charge in [-0.1, -0.05) is 15.9 Å². The molecule has 0 amide bonds. The zero-order valence-electron chi connectivity index (χ0n) is 10.1. The van der Waals surface area contributed by atoms with E-state index in [-0.39, 0.29) is 0 Å². The highest BCUT2D eigenvalue weighted by molar-refractivity contribution is 9.10. The lowest BCUT2D eigenvalue weighted by molar-refractivity contribution is 0.587. The Kier molecular flexibility index (Phi) is 3.19. The normalized spacial score (nSPS) is 11.1. The van der Waals surface area contributed by atoms with Crippen LogP contribution in [0.2, 0.25) is 0 Å². The molecule has 0 aliphatic rings. The van der Waals surface area contributed by atoms with Gasteiger partial charge in [0.05, 0.1) is 0 Å². The molecule has 90 valence electrons.